The van der Waals surface area contributed by atoms with Gasteiger partial charge in [0.1, 0.15) is 6.04 Å². The topological polar surface area (TPSA) is 68.8 Å². The molecule has 0 fully saturated rings. The highest BCUT2D eigenvalue weighted by Gasteiger charge is 2.25. The zero-order valence-corrected chi connectivity index (χ0v) is 14.9. The van der Waals surface area contributed by atoms with Gasteiger partial charge in [-0.1, -0.05) is 11.6 Å². The van der Waals surface area contributed by atoms with Crippen molar-refractivity contribution in [1.82, 2.24) is 20.2 Å². The van der Waals surface area contributed by atoms with Crippen LogP contribution in [0.25, 0.3) is 0 Å². The molecule has 0 spiro atoms. The second-order valence-corrected chi connectivity index (χ2v) is 6.71. The maximum absolute atomic E-state index is 6.26. The third kappa shape index (κ3) is 3.07. The molecule has 0 saturated heterocycles. The quantitative estimate of drug-likeness (QED) is 0.583. The number of halogens is 3. The Bertz CT molecular complexity index is 614. The normalized spacial score (nSPS) is 12.9. The van der Waals surface area contributed by atoms with Crippen LogP contribution in [0.1, 0.15) is 37.3 Å². The zero-order chi connectivity index (χ0) is 14.9. The van der Waals surface area contributed by atoms with E-state index in [4.69, 9.17) is 17.4 Å². The molecule has 0 saturated carbocycles. The van der Waals surface area contributed by atoms with Crippen LogP contribution in [0.15, 0.2) is 27.4 Å². The van der Waals surface area contributed by atoms with E-state index in [0.29, 0.717) is 5.02 Å². The number of rotatable bonds is 4. The van der Waals surface area contributed by atoms with Gasteiger partial charge in [0.25, 0.3) is 0 Å². The van der Waals surface area contributed by atoms with Crippen LogP contribution in [0, 0.1) is 0 Å². The molecule has 2 aromatic rings. The molecule has 2 rings (SSSR count). The summed E-state index contributed by atoms with van der Waals surface area (Å²) in [6.07, 6.45) is 3.34. The molecule has 108 valence electrons. The van der Waals surface area contributed by atoms with Crippen molar-refractivity contribution in [3.05, 3.63) is 43.8 Å². The van der Waals surface area contributed by atoms with Crippen molar-refractivity contribution in [3.8, 4) is 0 Å². The van der Waals surface area contributed by atoms with E-state index in [1.807, 2.05) is 24.6 Å². The third-order valence-electron chi connectivity index (χ3n) is 2.83. The Morgan fingerprint density at radius 1 is 1.35 bits per heavy atom. The highest BCUT2D eigenvalue weighted by atomic mass is 79.9. The Labute approximate surface area is 139 Å². The predicted octanol–water partition coefficient (Wildman–Crippen LogP) is 3.59. The summed E-state index contributed by atoms with van der Waals surface area (Å²) in [5.41, 5.74) is 4.31. The van der Waals surface area contributed by atoms with Crippen LogP contribution in [-0.2, 0) is 0 Å². The molecule has 1 atom stereocenters. The fraction of sp³-hybridized carbons (Fsp3) is 0.333. The lowest BCUT2D eigenvalue weighted by molar-refractivity contribution is 0.472. The van der Waals surface area contributed by atoms with Gasteiger partial charge in [0.15, 0.2) is 0 Å². The molecule has 2 heterocycles. The summed E-state index contributed by atoms with van der Waals surface area (Å²) in [7, 11) is 0. The van der Waals surface area contributed by atoms with Crippen LogP contribution in [0.5, 0.6) is 0 Å². The first-order chi connectivity index (χ1) is 9.45. The van der Waals surface area contributed by atoms with Crippen LogP contribution in [0.3, 0.4) is 0 Å². The fourth-order valence-corrected chi connectivity index (χ4v) is 3.41. The first kappa shape index (κ1) is 15.9. The highest BCUT2D eigenvalue weighted by molar-refractivity contribution is 9.11. The van der Waals surface area contributed by atoms with Crippen LogP contribution in [-0.4, -0.2) is 14.8 Å². The summed E-state index contributed by atoms with van der Waals surface area (Å²) in [5, 5.41) is 4.85. The molecule has 8 heteroatoms. The molecule has 3 N–H and O–H groups in total. The van der Waals surface area contributed by atoms with E-state index in [1.54, 1.807) is 12.4 Å². The van der Waals surface area contributed by atoms with E-state index in [9.17, 15) is 0 Å². The van der Waals surface area contributed by atoms with Crippen LogP contribution in [0.2, 0.25) is 5.02 Å². The Morgan fingerprint density at radius 3 is 2.60 bits per heavy atom. The van der Waals surface area contributed by atoms with Gasteiger partial charge in [0.2, 0.25) is 0 Å². The maximum Gasteiger partial charge on any atom is 0.107 e. The summed E-state index contributed by atoms with van der Waals surface area (Å²) in [4.78, 5) is 4.41. The van der Waals surface area contributed by atoms with Crippen LogP contribution >= 0.6 is 43.5 Å². The zero-order valence-electron chi connectivity index (χ0n) is 10.9. The van der Waals surface area contributed by atoms with Crippen molar-refractivity contribution < 1.29 is 0 Å². The number of nitrogens with one attached hydrogen (secondary N) is 1. The minimum atomic E-state index is -0.352. The van der Waals surface area contributed by atoms with Crippen LogP contribution < -0.4 is 11.3 Å². The maximum atomic E-state index is 6.26. The van der Waals surface area contributed by atoms with Gasteiger partial charge in [-0.3, -0.25) is 15.5 Å². The molecule has 0 aliphatic rings. The predicted molar refractivity (Wildman–Crippen MR) is 86.4 cm³/mol. The molecule has 0 radical (unpaired) electrons. The SMILES string of the molecule is CC(C)n1ncc(Cl)c1C(NN)c1ncc(Br)cc1Br. The Morgan fingerprint density at radius 2 is 2.05 bits per heavy atom. The lowest BCUT2D eigenvalue weighted by Gasteiger charge is -2.20. The lowest BCUT2D eigenvalue weighted by Crippen LogP contribution is -2.32. The molecule has 1 unspecified atom stereocenters. The van der Waals surface area contributed by atoms with Crippen LogP contribution in [0.4, 0.5) is 0 Å². The van der Waals surface area contributed by atoms with Gasteiger partial charge in [-0.05, 0) is 51.8 Å². The van der Waals surface area contributed by atoms with Crippen molar-refractivity contribution in [1.29, 1.82) is 0 Å². The highest BCUT2D eigenvalue weighted by Crippen LogP contribution is 2.33. The summed E-state index contributed by atoms with van der Waals surface area (Å²) in [6.45, 7) is 4.06. The van der Waals surface area contributed by atoms with Crippen molar-refractivity contribution in [3.63, 3.8) is 0 Å². The van der Waals surface area contributed by atoms with Crippen molar-refractivity contribution in [2.24, 2.45) is 5.84 Å². The first-order valence-corrected chi connectivity index (χ1v) is 7.92. The van der Waals surface area contributed by atoms with Gasteiger partial charge >= 0.3 is 0 Å². The van der Waals surface area contributed by atoms with Gasteiger partial charge in [-0.2, -0.15) is 5.10 Å². The number of aromatic nitrogens is 3. The number of hydrazine groups is 1. The van der Waals surface area contributed by atoms with Gasteiger partial charge in [0, 0.05) is 21.2 Å². The second kappa shape index (κ2) is 6.53. The minimum Gasteiger partial charge on any atom is -0.270 e. The summed E-state index contributed by atoms with van der Waals surface area (Å²) in [5.74, 6) is 5.72. The number of hydrogen-bond donors (Lipinski definition) is 2. The van der Waals surface area contributed by atoms with E-state index < -0.39 is 0 Å². The summed E-state index contributed by atoms with van der Waals surface area (Å²) >= 11 is 13.1. The number of hydrogen-bond acceptors (Lipinski definition) is 4. The van der Waals surface area contributed by atoms with Gasteiger partial charge in [-0.15, -0.1) is 0 Å². The smallest absolute Gasteiger partial charge is 0.107 e. The molecule has 0 aliphatic carbocycles. The average Bonchev–Trinajstić information content (AvgIpc) is 2.75. The monoisotopic (exact) mass is 421 g/mol. The largest absolute Gasteiger partial charge is 0.270 e. The van der Waals surface area contributed by atoms with E-state index in [2.05, 4.69) is 47.4 Å². The van der Waals surface area contributed by atoms with Crippen molar-refractivity contribution in [2.45, 2.75) is 25.9 Å². The minimum absolute atomic E-state index is 0.169. The van der Waals surface area contributed by atoms with Crippen molar-refractivity contribution in [2.75, 3.05) is 0 Å². The molecule has 0 amide bonds. The lowest BCUT2D eigenvalue weighted by atomic mass is 10.1. The van der Waals surface area contributed by atoms with Gasteiger partial charge in [-0.25, -0.2) is 5.43 Å². The molecule has 0 bridgehead atoms. The van der Waals surface area contributed by atoms with Gasteiger partial charge in [0.05, 0.1) is 22.6 Å². The Hall–Kier alpha value is -0.470. The Balaban J connectivity index is 2.55. The van der Waals surface area contributed by atoms with Crippen molar-refractivity contribution >= 4 is 43.5 Å². The molecule has 2 aromatic heterocycles. The van der Waals surface area contributed by atoms with E-state index in [1.165, 1.54) is 0 Å². The van der Waals surface area contributed by atoms with E-state index in [0.717, 1.165) is 20.3 Å². The molecule has 20 heavy (non-hydrogen) atoms. The number of nitrogens with two attached hydrogens (primary N) is 1. The fourth-order valence-electron chi connectivity index (χ4n) is 1.96. The Kier molecular flexibility index (Phi) is 5.19. The van der Waals surface area contributed by atoms with E-state index in [-0.39, 0.29) is 12.1 Å². The standard InChI is InChI=1S/C12H14Br2ClN5/c1-6(2)20-12(9(15)5-18-20)11(19-16)10-8(14)3-7(13)4-17-10/h3-6,11,19H,16H2,1-2H3. The van der Waals surface area contributed by atoms with E-state index >= 15 is 0 Å². The third-order valence-corrected chi connectivity index (χ3v) is 4.19. The molecule has 5 nitrogen and oxygen atoms in total. The number of nitrogens with zero attached hydrogens (tertiary/aromatic N) is 3. The summed E-state index contributed by atoms with van der Waals surface area (Å²) in [6, 6.07) is 1.73. The molecule has 0 aliphatic heterocycles. The molecular formula is C12H14Br2ClN5. The molecule has 0 aromatic carbocycles. The van der Waals surface area contributed by atoms with Gasteiger partial charge < -0.3 is 0 Å². The summed E-state index contributed by atoms with van der Waals surface area (Å²) < 4.78 is 3.55. The average molecular weight is 424 g/mol. The number of pyridine rings is 1. The first-order valence-electron chi connectivity index (χ1n) is 5.95. The second-order valence-electron chi connectivity index (χ2n) is 4.54. The molecular weight excluding hydrogens is 409 g/mol.